The summed E-state index contributed by atoms with van der Waals surface area (Å²) in [5.74, 6) is 1.49. The first kappa shape index (κ1) is 9.26. The minimum Gasteiger partial charge on any atom is -0.369 e. The number of hydrogen-bond acceptors (Lipinski definition) is 3. The Morgan fingerprint density at radius 2 is 2.42 bits per heavy atom. The van der Waals surface area contributed by atoms with Crippen LogP contribution in [0.3, 0.4) is 0 Å². The Hall–Kier alpha value is -0.830. The Labute approximate surface area is 77.2 Å². The van der Waals surface area contributed by atoms with E-state index in [-0.39, 0.29) is 0 Å². The van der Waals surface area contributed by atoms with E-state index >= 15 is 0 Å². The third-order valence-corrected chi connectivity index (χ3v) is 1.68. The van der Waals surface area contributed by atoms with Crippen molar-refractivity contribution in [3.05, 3.63) is 17.8 Å². The summed E-state index contributed by atoms with van der Waals surface area (Å²) in [6.45, 7) is 2.84. The summed E-state index contributed by atoms with van der Waals surface area (Å²) in [6.07, 6.45) is 2.67. The first-order valence-corrected chi connectivity index (χ1v) is 4.45. The SMILES string of the molecule is Cc1cnnc(NCCCCl)c1. The van der Waals surface area contributed by atoms with Crippen molar-refractivity contribution >= 4 is 17.4 Å². The van der Waals surface area contributed by atoms with Gasteiger partial charge in [0.05, 0.1) is 6.20 Å². The molecule has 0 saturated carbocycles. The van der Waals surface area contributed by atoms with Crippen molar-refractivity contribution in [2.24, 2.45) is 0 Å². The van der Waals surface area contributed by atoms with Crippen LogP contribution in [0.1, 0.15) is 12.0 Å². The van der Waals surface area contributed by atoms with Crippen molar-refractivity contribution in [3.8, 4) is 0 Å². The van der Waals surface area contributed by atoms with Gasteiger partial charge < -0.3 is 5.32 Å². The zero-order valence-electron chi connectivity index (χ0n) is 7.05. The maximum atomic E-state index is 5.52. The van der Waals surface area contributed by atoms with Gasteiger partial charge in [-0.05, 0) is 25.0 Å². The predicted octanol–water partition coefficient (Wildman–Crippen LogP) is 1.83. The second-order valence-electron chi connectivity index (χ2n) is 2.59. The van der Waals surface area contributed by atoms with Crippen LogP contribution in [-0.4, -0.2) is 22.6 Å². The van der Waals surface area contributed by atoms with Gasteiger partial charge in [0.15, 0.2) is 0 Å². The molecule has 0 unspecified atom stereocenters. The Balaban J connectivity index is 2.41. The zero-order valence-corrected chi connectivity index (χ0v) is 7.80. The number of rotatable bonds is 4. The monoisotopic (exact) mass is 185 g/mol. The van der Waals surface area contributed by atoms with Crippen LogP contribution in [0.5, 0.6) is 0 Å². The van der Waals surface area contributed by atoms with Gasteiger partial charge in [-0.15, -0.1) is 16.7 Å². The molecule has 0 saturated heterocycles. The standard InChI is InChI=1S/C8H12ClN3/c1-7-5-8(12-11-6-7)10-4-2-3-9/h5-6H,2-4H2,1H3,(H,10,12). The van der Waals surface area contributed by atoms with Crippen molar-refractivity contribution < 1.29 is 0 Å². The molecule has 1 N–H and O–H groups in total. The molecule has 0 aliphatic carbocycles. The first-order valence-electron chi connectivity index (χ1n) is 3.92. The molecule has 0 atom stereocenters. The van der Waals surface area contributed by atoms with E-state index < -0.39 is 0 Å². The predicted molar refractivity (Wildman–Crippen MR) is 50.6 cm³/mol. The summed E-state index contributed by atoms with van der Waals surface area (Å²) < 4.78 is 0. The van der Waals surface area contributed by atoms with Crippen LogP contribution in [0.25, 0.3) is 0 Å². The topological polar surface area (TPSA) is 37.8 Å². The molecule has 0 radical (unpaired) electrons. The van der Waals surface area contributed by atoms with Gasteiger partial charge in [0.1, 0.15) is 5.82 Å². The molecule has 0 aromatic carbocycles. The highest BCUT2D eigenvalue weighted by Crippen LogP contribution is 2.02. The van der Waals surface area contributed by atoms with E-state index in [0.29, 0.717) is 5.88 Å². The fourth-order valence-corrected chi connectivity index (χ4v) is 0.967. The molecule has 12 heavy (non-hydrogen) atoms. The highest BCUT2D eigenvalue weighted by Gasteiger charge is 1.92. The fraction of sp³-hybridized carbons (Fsp3) is 0.500. The van der Waals surface area contributed by atoms with Gasteiger partial charge in [-0.2, -0.15) is 5.10 Å². The van der Waals surface area contributed by atoms with Gasteiger partial charge in [0.25, 0.3) is 0 Å². The van der Waals surface area contributed by atoms with Gasteiger partial charge in [-0.1, -0.05) is 0 Å². The van der Waals surface area contributed by atoms with Crippen LogP contribution in [0.4, 0.5) is 5.82 Å². The van der Waals surface area contributed by atoms with E-state index in [9.17, 15) is 0 Å². The lowest BCUT2D eigenvalue weighted by Crippen LogP contribution is -2.04. The van der Waals surface area contributed by atoms with Gasteiger partial charge in [-0.25, -0.2) is 0 Å². The van der Waals surface area contributed by atoms with E-state index in [1.807, 2.05) is 13.0 Å². The minimum atomic E-state index is 0.673. The van der Waals surface area contributed by atoms with Gasteiger partial charge in [-0.3, -0.25) is 0 Å². The van der Waals surface area contributed by atoms with Gasteiger partial charge in [0, 0.05) is 12.4 Å². The zero-order chi connectivity index (χ0) is 8.81. The molecule has 0 aliphatic rings. The first-order chi connectivity index (χ1) is 5.83. The number of alkyl halides is 1. The molecule has 0 aliphatic heterocycles. The molecule has 0 spiro atoms. The Morgan fingerprint density at radius 3 is 3.08 bits per heavy atom. The molecular weight excluding hydrogens is 174 g/mol. The van der Waals surface area contributed by atoms with Crippen molar-refractivity contribution in [3.63, 3.8) is 0 Å². The third-order valence-electron chi connectivity index (χ3n) is 1.41. The lowest BCUT2D eigenvalue weighted by atomic mass is 10.3. The average Bonchev–Trinajstić information content (AvgIpc) is 2.05. The number of aryl methyl sites for hydroxylation is 1. The highest BCUT2D eigenvalue weighted by molar-refractivity contribution is 6.17. The van der Waals surface area contributed by atoms with E-state index in [4.69, 9.17) is 11.6 Å². The van der Waals surface area contributed by atoms with Crippen LogP contribution in [0.15, 0.2) is 12.3 Å². The Bertz CT molecular complexity index is 239. The number of halogens is 1. The van der Waals surface area contributed by atoms with Crippen LogP contribution < -0.4 is 5.32 Å². The lowest BCUT2D eigenvalue weighted by Gasteiger charge is -2.02. The van der Waals surface area contributed by atoms with Gasteiger partial charge >= 0.3 is 0 Å². The molecule has 0 bridgehead atoms. The number of nitrogens with one attached hydrogen (secondary N) is 1. The van der Waals surface area contributed by atoms with E-state index in [1.54, 1.807) is 6.20 Å². The van der Waals surface area contributed by atoms with Crippen molar-refractivity contribution in [1.82, 2.24) is 10.2 Å². The molecule has 3 nitrogen and oxygen atoms in total. The molecule has 1 aromatic rings. The van der Waals surface area contributed by atoms with Crippen LogP contribution >= 0.6 is 11.6 Å². The number of nitrogens with zero attached hydrogens (tertiary/aromatic N) is 2. The van der Waals surface area contributed by atoms with Crippen LogP contribution in [-0.2, 0) is 0 Å². The normalized spacial score (nSPS) is 9.83. The maximum absolute atomic E-state index is 5.52. The summed E-state index contributed by atoms with van der Waals surface area (Å²) in [5, 5.41) is 10.9. The molecule has 0 amide bonds. The van der Waals surface area contributed by atoms with Crippen molar-refractivity contribution in [2.75, 3.05) is 17.7 Å². The second kappa shape index (κ2) is 4.93. The number of hydrogen-bond donors (Lipinski definition) is 1. The highest BCUT2D eigenvalue weighted by atomic mass is 35.5. The summed E-state index contributed by atoms with van der Waals surface area (Å²) >= 11 is 5.52. The fourth-order valence-electron chi connectivity index (χ4n) is 0.834. The molecule has 0 fully saturated rings. The summed E-state index contributed by atoms with van der Waals surface area (Å²) in [6, 6.07) is 1.96. The summed E-state index contributed by atoms with van der Waals surface area (Å²) in [5.41, 5.74) is 1.11. The summed E-state index contributed by atoms with van der Waals surface area (Å²) in [4.78, 5) is 0. The van der Waals surface area contributed by atoms with Gasteiger partial charge in [0.2, 0.25) is 0 Å². The molecule has 66 valence electrons. The smallest absolute Gasteiger partial charge is 0.148 e. The quantitative estimate of drug-likeness (QED) is 0.575. The van der Waals surface area contributed by atoms with Crippen molar-refractivity contribution in [2.45, 2.75) is 13.3 Å². The maximum Gasteiger partial charge on any atom is 0.148 e. The van der Waals surface area contributed by atoms with Crippen LogP contribution in [0.2, 0.25) is 0 Å². The van der Waals surface area contributed by atoms with Crippen LogP contribution in [0, 0.1) is 6.92 Å². The molecule has 1 aromatic heterocycles. The minimum absolute atomic E-state index is 0.673. The average molecular weight is 186 g/mol. The third kappa shape index (κ3) is 3.05. The Kier molecular flexibility index (Phi) is 3.80. The Morgan fingerprint density at radius 1 is 1.58 bits per heavy atom. The largest absolute Gasteiger partial charge is 0.369 e. The molecule has 4 heteroatoms. The lowest BCUT2D eigenvalue weighted by molar-refractivity contribution is 0.943. The van der Waals surface area contributed by atoms with E-state index in [0.717, 1.165) is 24.3 Å². The molecular formula is C8H12ClN3. The number of aromatic nitrogens is 2. The van der Waals surface area contributed by atoms with Crippen molar-refractivity contribution in [1.29, 1.82) is 0 Å². The molecule has 1 heterocycles. The van der Waals surface area contributed by atoms with E-state index in [1.165, 1.54) is 0 Å². The second-order valence-corrected chi connectivity index (χ2v) is 2.97. The number of anilines is 1. The summed E-state index contributed by atoms with van der Waals surface area (Å²) in [7, 11) is 0. The van der Waals surface area contributed by atoms with E-state index in [2.05, 4.69) is 15.5 Å². The molecule has 1 rings (SSSR count).